The summed E-state index contributed by atoms with van der Waals surface area (Å²) < 4.78 is 0. The number of hydrogen-bond acceptors (Lipinski definition) is 8. The Balaban J connectivity index is 5.02. The zero-order valence-corrected chi connectivity index (χ0v) is 13.5. The number of carbonyl (C=O) groups is 5. The zero-order valence-electron chi connectivity index (χ0n) is 13.5. The molecule has 0 aliphatic carbocycles. The summed E-state index contributed by atoms with van der Waals surface area (Å²) in [5, 5.41) is 29.9. The monoisotopic (exact) mass is 363 g/mol. The third kappa shape index (κ3) is 9.22. The number of hydroxylamine groups is 1. The molecule has 3 amide bonds. The van der Waals surface area contributed by atoms with Crippen LogP contribution in [0.5, 0.6) is 0 Å². The first-order chi connectivity index (χ1) is 11.7. The summed E-state index contributed by atoms with van der Waals surface area (Å²) in [6.07, 6.45) is -1.27. The summed E-state index contributed by atoms with van der Waals surface area (Å²) in [5.74, 6) is -5.70. The Kier molecular flexibility index (Phi) is 10.5. The highest BCUT2D eigenvalue weighted by Gasteiger charge is 2.28. The molecule has 0 aliphatic heterocycles. The van der Waals surface area contributed by atoms with Gasteiger partial charge >= 0.3 is 11.9 Å². The number of nitrogens with one attached hydrogen (secondary N) is 3. The van der Waals surface area contributed by atoms with Crippen LogP contribution in [-0.4, -0.2) is 58.3 Å². The molecule has 2 atom stereocenters. The number of carboxylic acids is 1. The number of amides is 3. The lowest BCUT2D eigenvalue weighted by Crippen LogP contribution is -2.49. The standard InChI is InChI=1S/C13H21N3O9/c1-14-13(22)8(6-11(20)25-24)15-12(21)7(5-9(17)16-23)3-2-4-10(18)19/h7-8,23-24H,2-6H2,1H3,(H,14,22)(H,15,21)(H,16,17)(H,18,19)/t7-,8+/m1/s1. The molecule has 0 heterocycles. The second kappa shape index (κ2) is 11.8. The van der Waals surface area contributed by atoms with Gasteiger partial charge in [-0.05, 0) is 12.8 Å². The molecule has 0 saturated carbocycles. The van der Waals surface area contributed by atoms with E-state index in [1.54, 1.807) is 0 Å². The summed E-state index contributed by atoms with van der Waals surface area (Å²) in [5.41, 5.74) is 1.36. The highest BCUT2D eigenvalue weighted by molar-refractivity contribution is 5.92. The zero-order chi connectivity index (χ0) is 19.4. The third-order valence-electron chi connectivity index (χ3n) is 3.22. The Hall–Kier alpha value is -2.73. The van der Waals surface area contributed by atoms with Crippen LogP contribution < -0.4 is 16.1 Å². The van der Waals surface area contributed by atoms with E-state index in [0.717, 1.165) is 0 Å². The predicted octanol–water partition coefficient (Wildman–Crippen LogP) is -1.61. The van der Waals surface area contributed by atoms with E-state index in [1.165, 1.54) is 12.5 Å². The van der Waals surface area contributed by atoms with Gasteiger partial charge in [-0.25, -0.2) is 10.3 Å². The Morgan fingerprint density at radius 1 is 1.08 bits per heavy atom. The highest BCUT2D eigenvalue weighted by atomic mass is 17.1. The molecule has 6 N–H and O–H groups in total. The minimum Gasteiger partial charge on any atom is -0.481 e. The normalized spacial score (nSPS) is 12.4. The van der Waals surface area contributed by atoms with Gasteiger partial charge in [-0.2, -0.15) is 5.26 Å². The van der Waals surface area contributed by atoms with E-state index < -0.39 is 54.5 Å². The Labute approximate surface area is 142 Å². The van der Waals surface area contributed by atoms with Gasteiger partial charge in [0.05, 0.1) is 6.42 Å². The molecule has 0 spiro atoms. The fraction of sp³-hybridized carbons (Fsp3) is 0.615. The molecule has 0 bridgehead atoms. The second-order valence-corrected chi connectivity index (χ2v) is 5.06. The number of hydrogen-bond donors (Lipinski definition) is 6. The van der Waals surface area contributed by atoms with Gasteiger partial charge in [0.1, 0.15) is 6.04 Å². The molecule has 0 unspecified atom stereocenters. The minimum atomic E-state index is -1.36. The van der Waals surface area contributed by atoms with Crippen molar-refractivity contribution in [2.24, 2.45) is 5.92 Å². The van der Waals surface area contributed by atoms with E-state index in [1.807, 2.05) is 0 Å². The van der Waals surface area contributed by atoms with Crippen molar-refractivity contribution in [3.8, 4) is 0 Å². The van der Waals surface area contributed by atoms with Crippen molar-refractivity contribution in [3.63, 3.8) is 0 Å². The summed E-state index contributed by atoms with van der Waals surface area (Å²) in [6, 6.07) is -1.36. The van der Waals surface area contributed by atoms with Crippen molar-refractivity contribution in [2.75, 3.05) is 7.05 Å². The summed E-state index contributed by atoms with van der Waals surface area (Å²) >= 11 is 0. The molecule has 0 aliphatic rings. The number of likely N-dealkylation sites (N-methyl/N-ethyl adjacent to an activating group) is 1. The second-order valence-electron chi connectivity index (χ2n) is 5.06. The lowest BCUT2D eigenvalue weighted by molar-refractivity contribution is -0.234. The van der Waals surface area contributed by atoms with Gasteiger partial charge < -0.3 is 20.6 Å². The molecule has 25 heavy (non-hydrogen) atoms. The van der Waals surface area contributed by atoms with Crippen LogP contribution in [0.25, 0.3) is 0 Å². The third-order valence-corrected chi connectivity index (χ3v) is 3.22. The fourth-order valence-electron chi connectivity index (χ4n) is 1.97. The summed E-state index contributed by atoms with van der Waals surface area (Å²) in [7, 11) is 1.26. The van der Waals surface area contributed by atoms with E-state index in [2.05, 4.69) is 15.5 Å². The molecule has 0 aromatic heterocycles. The SMILES string of the molecule is CNC(=O)[C@H](CC(=O)OO)NC(=O)[C@H](CCCC(=O)O)CC(=O)NO. The number of rotatable bonds is 11. The molecule has 142 valence electrons. The average Bonchev–Trinajstić information content (AvgIpc) is 2.58. The molecule has 0 aromatic carbocycles. The van der Waals surface area contributed by atoms with Crippen molar-refractivity contribution in [2.45, 2.75) is 38.1 Å². The molecule has 12 heteroatoms. The van der Waals surface area contributed by atoms with E-state index >= 15 is 0 Å². The van der Waals surface area contributed by atoms with Crippen LogP contribution in [-0.2, 0) is 28.9 Å². The van der Waals surface area contributed by atoms with Crippen LogP contribution in [0.2, 0.25) is 0 Å². The fourth-order valence-corrected chi connectivity index (χ4v) is 1.97. The van der Waals surface area contributed by atoms with E-state index in [4.69, 9.17) is 15.6 Å². The molecule has 0 rings (SSSR count). The maximum atomic E-state index is 12.3. The van der Waals surface area contributed by atoms with Crippen LogP contribution >= 0.6 is 0 Å². The van der Waals surface area contributed by atoms with Crippen LogP contribution in [0, 0.1) is 5.92 Å². The largest absolute Gasteiger partial charge is 0.481 e. The Bertz CT molecular complexity index is 509. The van der Waals surface area contributed by atoms with Gasteiger partial charge in [0.15, 0.2) is 0 Å². The number of carboxylic acid groups (broad SMARTS) is 1. The smallest absolute Gasteiger partial charge is 0.344 e. The van der Waals surface area contributed by atoms with Crippen LogP contribution in [0.1, 0.15) is 32.1 Å². The van der Waals surface area contributed by atoms with E-state index in [-0.39, 0.29) is 19.3 Å². The lowest BCUT2D eigenvalue weighted by atomic mass is 9.96. The van der Waals surface area contributed by atoms with Crippen LogP contribution in [0.4, 0.5) is 0 Å². The van der Waals surface area contributed by atoms with Crippen molar-refractivity contribution < 1.29 is 44.4 Å². The van der Waals surface area contributed by atoms with Gasteiger partial charge in [-0.15, -0.1) is 0 Å². The minimum absolute atomic E-state index is 0.00351. The van der Waals surface area contributed by atoms with Gasteiger partial charge in [0, 0.05) is 25.8 Å². The van der Waals surface area contributed by atoms with Crippen LogP contribution in [0.3, 0.4) is 0 Å². The quantitative estimate of drug-likeness (QED) is 0.142. The lowest BCUT2D eigenvalue weighted by Gasteiger charge is -2.20. The van der Waals surface area contributed by atoms with Gasteiger partial charge in [0.2, 0.25) is 17.7 Å². The molecular formula is C13H21N3O9. The molecule has 0 radical (unpaired) electrons. The molecule has 0 fully saturated rings. The van der Waals surface area contributed by atoms with Crippen molar-refractivity contribution in [1.82, 2.24) is 16.1 Å². The summed E-state index contributed by atoms with van der Waals surface area (Å²) in [4.78, 5) is 60.3. The summed E-state index contributed by atoms with van der Waals surface area (Å²) in [6.45, 7) is 0. The first kappa shape index (κ1) is 22.3. The molecule has 0 aromatic rings. The van der Waals surface area contributed by atoms with Crippen molar-refractivity contribution in [1.29, 1.82) is 0 Å². The molecule has 12 nitrogen and oxygen atoms in total. The number of aliphatic carboxylic acids is 1. The van der Waals surface area contributed by atoms with Crippen molar-refractivity contribution >= 4 is 29.7 Å². The molecular weight excluding hydrogens is 342 g/mol. The van der Waals surface area contributed by atoms with Gasteiger partial charge in [-0.1, -0.05) is 0 Å². The Morgan fingerprint density at radius 2 is 1.72 bits per heavy atom. The Morgan fingerprint density at radius 3 is 2.20 bits per heavy atom. The van der Waals surface area contributed by atoms with E-state index in [0.29, 0.717) is 0 Å². The predicted molar refractivity (Wildman–Crippen MR) is 78.9 cm³/mol. The van der Waals surface area contributed by atoms with Crippen molar-refractivity contribution in [3.05, 3.63) is 0 Å². The van der Waals surface area contributed by atoms with Crippen LogP contribution in [0.15, 0.2) is 0 Å². The van der Waals surface area contributed by atoms with Gasteiger partial charge in [-0.3, -0.25) is 24.4 Å². The number of carbonyl (C=O) groups excluding carboxylic acids is 4. The van der Waals surface area contributed by atoms with Gasteiger partial charge in [0.25, 0.3) is 0 Å². The molecule has 0 saturated heterocycles. The first-order valence-corrected chi connectivity index (χ1v) is 7.26. The highest BCUT2D eigenvalue weighted by Crippen LogP contribution is 2.14. The first-order valence-electron chi connectivity index (χ1n) is 7.26. The maximum Gasteiger partial charge on any atom is 0.344 e. The average molecular weight is 363 g/mol. The topological polar surface area (TPSA) is 191 Å². The van der Waals surface area contributed by atoms with E-state index in [9.17, 15) is 24.0 Å². The maximum absolute atomic E-state index is 12.3.